The fourth-order valence-electron chi connectivity index (χ4n) is 1.25. The van der Waals surface area contributed by atoms with Crippen LogP contribution >= 0.6 is 12.4 Å². The average molecular weight is 237 g/mol. The van der Waals surface area contributed by atoms with Crippen molar-refractivity contribution < 1.29 is 4.74 Å². The molecule has 0 unspecified atom stereocenters. The molecule has 0 fully saturated rings. The lowest BCUT2D eigenvalue weighted by Crippen LogP contribution is -1.88. The third-order valence-electron chi connectivity index (χ3n) is 1.97. The molecule has 0 aliphatic rings. The largest absolute Gasteiger partial charge is 0.457 e. The van der Waals surface area contributed by atoms with E-state index in [-0.39, 0.29) is 12.4 Å². The van der Waals surface area contributed by atoms with E-state index in [0.29, 0.717) is 5.69 Å². The maximum Gasteiger partial charge on any atom is 0.129 e. The summed E-state index contributed by atoms with van der Waals surface area (Å²) in [5.41, 5.74) is 12.6. The molecule has 0 bridgehead atoms. The van der Waals surface area contributed by atoms with Crippen molar-refractivity contribution in [1.29, 1.82) is 0 Å². The summed E-state index contributed by atoms with van der Waals surface area (Å²) in [6, 6.07) is 14.5. The highest BCUT2D eigenvalue weighted by atomic mass is 35.5. The van der Waals surface area contributed by atoms with Gasteiger partial charge in [0, 0.05) is 17.4 Å². The zero-order valence-electron chi connectivity index (χ0n) is 8.59. The lowest BCUT2D eigenvalue weighted by molar-refractivity contribution is 0.483. The Morgan fingerprint density at radius 1 is 0.750 bits per heavy atom. The zero-order valence-corrected chi connectivity index (χ0v) is 9.41. The van der Waals surface area contributed by atoms with E-state index in [1.807, 2.05) is 30.3 Å². The van der Waals surface area contributed by atoms with Crippen molar-refractivity contribution in [1.82, 2.24) is 0 Å². The van der Waals surface area contributed by atoms with Gasteiger partial charge in [0.25, 0.3) is 0 Å². The predicted molar refractivity (Wildman–Crippen MR) is 69.0 cm³/mol. The van der Waals surface area contributed by atoms with Gasteiger partial charge in [-0.3, -0.25) is 0 Å². The van der Waals surface area contributed by atoms with E-state index in [4.69, 9.17) is 16.2 Å². The molecule has 84 valence electrons. The third-order valence-corrected chi connectivity index (χ3v) is 1.97. The van der Waals surface area contributed by atoms with Crippen molar-refractivity contribution in [2.45, 2.75) is 0 Å². The zero-order chi connectivity index (χ0) is 10.7. The summed E-state index contributed by atoms with van der Waals surface area (Å²) in [5.74, 6) is 1.47. The van der Waals surface area contributed by atoms with Crippen molar-refractivity contribution in [3.63, 3.8) is 0 Å². The minimum Gasteiger partial charge on any atom is -0.457 e. The molecular formula is C12H13ClN2O. The fourth-order valence-corrected chi connectivity index (χ4v) is 1.25. The minimum atomic E-state index is 0. The molecule has 2 aromatic carbocycles. The molecule has 2 rings (SSSR count). The average Bonchev–Trinajstić information content (AvgIpc) is 2.22. The van der Waals surface area contributed by atoms with Crippen LogP contribution in [0.25, 0.3) is 0 Å². The van der Waals surface area contributed by atoms with Gasteiger partial charge < -0.3 is 16.2 Å². The number of halogens is 1. The van der Waals surface area contributed by atoms with E-state index in [1.54, 1.807) is 18.2 Å². The van der Waals surface area contributed by atoms with E-state index < -0.39 is 0 Å². The number of anilines is 2. The number of nitrogens with two attached hydrogens (primary N) is 2. The van der Waals surface area contributed by atoms with Crippen molar-refractivity contribution in [3.8, 4) is 11.5 Å². The van der Waals surface area contributed by atoms with Crippen molar-refractivity contribution in [2.24, 2.45) is 0 Å². The summed E-state index contributed by atoms with van der Waals surface area (Å²) < 4.78 is 5.58. The molecule has 0 heterocycles. The van der Waals surface area contributed by atoms with Gasteiger partial charge in [0.2, 0.25) is 0 Å². The normalized spacial score (nSPS) is 9.25. The number of rotatable bonds is 2. The van der Waals surface area contributed by atoms with Crippen LogP contribution in [-0.2, 0) is 0 Å². The molecule has 0 atom stereocenters. The van der Waals surface area contributed by atoms with Gasteiger partial charge in [-0.15, -0.1) is 12.4 Å². The molecule has 0 amide bonds. The van der Waals surface area contributed by atoms with Crippen LogP contribution in [0.15, 0.2) is 48.5 Å². The summed E-state index contributed by atoms with van der Waals surface area (Å²) in [7, 11) is 0. The summed E-state index contributed by atoms with van der Waals surface area (Å²) in [6.07, 6.45) is 0. The highest BCUT2D eigenvalue weighted by molar-refractivity contribution is 5.85. The first-order valence-electron chi connectivity index (χ1n) is 4.63. The first-order valence-corrected chi connectivity index (χ1v) is 4.63. The first kappa shape index (κ1) is 12.2. The third kappa shape index (κ3) is 3.07. The monoisotopic (exact) mass is 236 g/mol. The van der Waals surface area contributed by atoms with Crippen LogP contribution in [0.4, 0.5) is 11.4 Å². The maximum atomic E-state index is 5.64. The van der Waals surface area contributed by atoms with Crippen molar-refractivity contribution in [3.05, 3.63) is 48.5 Å². The van der Waals surface area contributed by atoms with Gasteiger partial charge in [-0.2, -0.15) is 0 Å². The molecule has 0 spiro atoms. The highest BCUT2D eigenvalue weighted by Gasteiger charge is 1.96. The number of benzene rings is 2. The molecule has 2 aromatic rings. The quantitative estimate of drug-likeness (QED) is 0.788. The van der Waals surface area contributed by atoms with E-state index in [2.05, 4.69) is 0 Å². The Labute approximate surface area is 100 Å². The fraction of sp³-hybridized carbons (Fsp3) is 0. The predicted octanol–water partition coefficient (Wildman–Crippen LogP) is 3.07. The van der Waals surface area contributed by atoms with Gasteiger partial charge in [0.1, 0.15) is 11.5 Å². The lowest BCUT2D eigenvalue weighted by Gasteiger charge is -2.06. The van der Waals surface area contributed by atoms with Crippen LogP contribution < -0.4 is 16.2 Å². The van der Waals surface area contributed by atoms with Crippen LogP contribution in [-0.4, -0.2) is 0 Å². The summed E-state index contributed by atoms with van der Waals surface area (Å²) in [6.45, 7) is 0. The summed E-state index contributed by atoms with van der Waals surface area (Å²) in [5, 5.41) is 0. The second kappa shape index (κ2) is 5.28. The van der Waals surface area contributed by atoms with Crippen molar-refractivity contribution >= 4 is 23.8 Å². The van der Waals surface area contributed by atoms with Crippen LogP contribution in [0.1, 0.15) is 0 Å². The van der Waals surface area contributed by atoms with Crippen LogP contribution in [0, 0.1) is 0 Å². The highest BCUT2D eigenvalue weighted by Crippen LogP contribution is 2.23. The Balaban J connectivity index is 0.00000128. The maximum absolute atomic E-state index is 5.64. The standard InChI is InChI=1S/C12H12N2O.ClH/c13-9-4-6-11(7-5-9)15-12-3-1-2-10(14)8-12;/h1-8H,13-14H2;1H. The Morgan fingerprint density at radius 3 is 2.06 bits per heavy atom. The van der Waals surface area contributed by atoms with Gasteiger partial charge in [0.15, 0.2) is 0 Å². The van der Waals surface area contributed by atoms with Crippen LogP contribution in [0.2, 0.25) is 0 Å². The van der Waals surface area contributed by atoms with E-state index in [0.717, 1.165) is 17.2 Å². The second-order valence-corrected chi connectivity index (χ2v) is 3.24. The molecule has 4 heteroatoms. The Bertz CT molecular complexity index is 457. The lowest BCUT2D eigenvalue weighted by atomic mass is 10.3. The van der Waals surface area contributed by atoms with E-state index in [9.17, 15) is 0 Å². The summed E-state index contributed by atoms with van der Waals surface area (Å²) in [4.78, 5) is 0. The molecule has 0 saturated carbocycles. The number of nitrogen functional groups attached to an aromatic ring is 2. The Kier molecular flexibility index (Phi) is 4.03. The first-order chi connectivity index (χ1) is 7.24. The molecule has 0 aromatic heterocycles. The van der Waals surface area contributed by atoms with E-state index in [1.165, 1.54) is 0 Å². The Hall–Kier alpha value is -1.87. The number of hydrogen-bond donors (Lipinski definition) is 2. The molecule has 0 aliphatic carbocycles. The molecule has 0 saturated heterocycles. The van der Waals surface area contributed by atoms with Gasteiger partial charge in [0.05, 0.1) is 0 Å². The van der Waals surface area contributed by atoms with Gasteiger partial charge in [-0.05, 0) is 36.4 Å². The molecule has 16 heavy (non-hydrogen) atoms. The van der Waals surface area contributed by atoms with Crippen LogP contribution in [0.3, 0.4) is 0 Å². The minimum absolute atomic E-state index is 0. The van der Waals surface area contributed by atoms with Gasteiger partial charge in [-0.1, -0.05) is 6.07 Å². The van der Waals surface area contributed by atoms with Crippen LogP contribution in [0.5, 0.6) is 11.5 Å². The van der Waals surface area contributed by atoms with E-state index >= 15 is 0 Å². The molecule has 0 radical (unpaired) electrons. The van der Waals surface area contributed by atoms with Gasteiger partial charge in [-0.25, -0.2) is 0 Å². The number of hydrogen-bond acceptors (Lipinski definition) is 3. The molecule has 0 aliphatic heterocycles. The molecule has 3 nitrogen and oxygen atoms in total. The Morgan fingerprint density at radius 2 is 1.44 bits per heavy atom. The van der Waals surface area contributed by atoms with Gasteiger partial charge >= 0.3 is 0 Å². The number of ether oxygens (including phenoxy) is 1. The van der Waals surface area contributed by atoms with Crippen molar-refractivity contribution in [2.75, 3.05) is 11.5 Å². The second-order valence-electron chi connectivity index (χ2n) is 3.24. The topological polar surface area (TPSA) is 61.3 Å². The molecule has 4 N–H and O–H groups in total. The smallest absolute Gasteiger partial charge is 0.129 e. The SMILES string of the molecule is Cl.Nc1ccc(Oc2cccc(N)c2)cc1. The molecular weight excluding hydrogens is 224 g/mol. The summed E-state index contributed by atoms with van der Waals surface area (Å²) >= 11 is 0.